The number of benzene rings is 3. The van der Waals surface area contributed by atoms with Gasteiger partial charge in [-0.2, -0.15) is 10.5 Å². The van der Waals surface area contributed by atoms with E-state index < -0.39 is 7.92 Å². The molecule has 0 spiro atoms. The Labute approximate surface area is 301 Å². The molecular formula is C38H38FeIrPS2-2. The predicted octanol–water partition coefficient (Wildman–Crippen LogP) is 8.20. The molecule has 3 fully saturated rings. The number of hydrogen-bond donors (Lipinski definition) is 0. The van der Waals surface area contributed by atoms with E-state index in [2.05, 4.69) is 126 Å². The first-order valence-corrected chi connectivity index (χ1v) is 15.9. The molecular weight excluding hydrogens is 800 g/mol. The Bertz CT molecular complexity index is 922. The average molecular weight is 838 g/mol. The maximum atomic E-state index is 4.75. The van der Waals surface area contributed by atoms with Crippen molar-refractivity contribution in [2.24, 2.45) is 0 Å². The van der Waals surface area contributed by atoms with Gasteiger partial charge in [0.15, 0.2) is 0 Å². The molecule has 0 unspecified atom stereocenters. The van der Waals surface area contributed by atoms with Crippen LogP contribution in [0.15, 0.2) is 91.0 Å². The zero-order chi connectivity index (χ0) is 29.6. The fourth-order valence-corrected chi connectivity index (χ4v) is 6.92. The Morgan fingerprint density at radius 1 is 0.395 bits per heavy atom. The summed E-state index contributed by atoms with van der Waals surface area (Å²) in [4.78, 5) is 0. The van der Waals surface area contributed by atoms with Crippen molar-refractivity contribution in [3.8, 4) is 0 Å². The van der Waals surface area contributed by atoms with E-state index >= 15 is 0 Å². The van der Waals surface area contributed by atoms with Crippen molar-refractivity contribution in [2.45, 2.75) is 34.6 Å². The molecule has 3 aliphatic carbocycles. The SMILES string of the molecule is C[C]1[C](C)[C](C)[C](C)[C]1C.[Fe].[Ir].[S-][C]1[CH][CH][CH][CH]1.[S-][C]1[CH][CH][CH][CH]1.c1ccc(P(c2ccccc2)c2ccccc2)cc1. The number of rotatable bonds is 3. The molecule has 0 aliphatic heterocycles. The molecule has 226 valence electrons. The second-order valence-corrected chi connectivity index (χ2v) is 12.9. The van der Waals surface area contributed by atoms with Crippen LogP contribution < -0.4 is 15.9 Å². The topological polar surface area (TPSA) is 0 Å². The molecule has 0 heterocycles. The van der Waals surface area contributed by atoms with Gasteiger partial charge in [0.1, 0.15) is 0 Å². The third-order valence-electron chi connectivity index (χ3n) is 7.12. The molecule has 0 N–H and O–H groups in total. The van der Waals surface area contributed by atoms with Crippen molar-refractivity contribution in [2.75, 3.05) is 0 Å². The first-order chi connectivity index (χ1) is 19.8. The van der Waals surface area contributed by atoms with Crippen molar-refractivity contribution in [3.63, 3.8) is 0 Å². The van der Waals surface area contributed by atoms with E-state index in [0.717, 1.165) is 10.5 Å². The van der Waals surface area contributed by atoms with Crippen molar-refractivity contribution in [1.29, 1.82) is 0 Å². The summed E-state index contributed by atoms with van der Waals surface area (Å²) in [5, 5.41) is 6.05. The van der Waals surface area contributed by atoms with Crippen molar-refractivity contribution in [3.05, 3.63) is 182 Å². The summed E-state index contributed by atoms with van der Waals surface area (Å²) >= 11 is 9.49. The molecule has 3 saturated carbocycles. The van der Waals surface area contributed by atoms with Gasteiger partial charge in [-0.15, -0.1) is 0 Å². The van der Waals surface area contributed by atoms with Gasteiger partial charge >= 0.3 is 0 Å². The van der Waals surface area contributed by atoms with Gasteiger partial charge in [0, 0.05) is 37.2 Å². The minimum atomic E-state index is -0.446. The van der Waals surface area contributed by atoms with Crippen LogP contribution in [0.5, 0.6) is 0 Å². The monoisotopic (exact) mass is 838 g/mol. The Balaban J connectivity index is 0.000000323. The average Bonchev–Trinajstić information content (AvgIpc) is 3.74. The summed E-state index contributed by atoms with van der Waals surface area (Å²) < 4.78 is 0. The maximum absolute atomic E-state index is 4.75. The fourth-order valence-electron chi connectivity index (χ4n) is 4.30. The van der Waals surface area contributed by atoms with Crippen LogP contribution in [0.25, 0.3) is 0 Å². The van der Waals surface area contributed by atoms with E-state index in [1.807, 2.05) is 51.4 Å². The van der Waals surface area contributed by atoms with Crippen LogP contribution in [-0.2, 0) is 62.4 Å². The van der Waals surface area contributed by atoms with E-state index in [1.54, 1.807) is 0 Å². The zero-order valence-electron chi connectivity index (χ0n) is 25.2. The molecule has 6 rings (SSSR count). The summed E-state index contributed by atoms with van der Waals surface area (Å²) in [5.41, 5.74) is 0. The van der Waals surface area contributed by atoms with Crippen molar-refractivity contribution in [1.82, 2.24) is 0 Å². The van der Waals surface area contributed by atoms with E-state index in [-0.39, 0.29) is 37.2 Å². The molecule has 0 amide bonds. The molecule has 0 atom stereocenters. The van der Waals surface area contributed by atoms with Gasteiger partial charge in [0.05, 0.1) is 0 Å². The van der Waals surface area contributed by atoms with Gasteiger partial charge in [0.25, 0.3) is 0 Å². The Kier molecular flexibility index (Phi) is 21.4. The fraction of sp³-hybridized carbons (Fsp3) is 0.132. The van der Waals surface area contributed by atoms with Crippen LogP contribution in [0, 0.1) is 91.5 Å². The smallest absolute Gasteiger partial charge is 0 e. The van der Waals surface area contributed by atoms with Gasteiger partial charge in [-0.25, -0.2) is 0 Å². The predicted molar refractivity (Wildman–Crippen MR) is 185 cm³/mol. The van der Waals surface area contributed by atoms with Gasteiger partial charge in [0.2, 0.25) is 0 Å². The molecule has 0 saturated heterocycles. The van der Waals surface area contributed by atoms with Gasteiger partial charge in [-0.3, -0.25) is 0 Å². The molecule has 0 bridgehead atoms. The normalized spacial score (nSPS) is 18.4. The van der Waals surface area contributed by atoms with Crippen LogP contribution in [0.3, 0.4) is 0 Å². The van der Waals surface area contributed by atoms with Gasteiger partial charge in [-0.1, -0.05) is 151 Å². The minimum Gasteiger partial charge on any atom is -0.787 e. The van der Waals surface area contributed by atoms with E-state index in [1.165, 1.54) is 45.5 Å². The second-order valence-electron chi connectivity index (χ2n) is 9.71. The molecule has 3 aliphatic rings. The molecule has 3 aromatic carbocycles. The molecule has 16 radical (unpaired) electrons. The molecule has 0 nitrogen and oxygen atoms in total. The van der Waals surface area contributed by atoms with Crippen LogP contribution in [-0.4, -0.2) is 0 Å². The first kappa shape index (κ1) is 41.0. The van der Waals surface area contributed by atoms with Crippen LogP contribution in [0.4, 0.5) is 0 Å². The summed E-state index contributed by atoms with van der Waals surface area (Å²) in [7, 11) is -0.446. The molecule has 43 heavy (non-hydrogen) atoms. The van der Waals surface area contributed by atoms with Crippen molar-refractivity contribution >= 4 is 49.1 Å². The summed E-state index contributed by atoms with van der Waals surface area (Å²) in [6, 6.07) is 32.3. The van der Waals surface area contributed by atoms with E-state index in [4.69, 9.17) is 25.3 Å². The van der Waals surface area contributed by atoms with Gasteiger partial charge in [-0.05, 0) is 79.1 Å². The molecule has 3 aromatic rings. The largest absolute Gasteiger partial charge is 0.787 e. The maximum Gasteiger partial charge on any atom is 0 e. The van der Waals surface area contributed by atoms with Crippen LogP contribution in [0.1, 0.15) is 34.6 Å². The van der Waals surface area contributed by atoms with Gasteiger partial charge < -0.3 is 25.3 Å². The Hall–Kier alpha value is -0.0412. The molecule has 5 heteroatoms. The third kappa shape index (κ3) is 13.7. The van der Waals surface area contributed by atoms with E-state index in [9.17, 15) is 0 Å². The number of hydrogen-bond acceptors (Lipinski definition) is 2. The van der Waals surface area contributed by atoms with Crippen molar-refractivity contribution < 1.29 is 37.2 Å². The zero-order valence-corrected chi connectivity index (χ0v) is 31.3. The van der Waals surface area contributed by atoms with Crippen LogP contribution in [0.2, 0.25) is 0 Å². The standard InChI is InChI=1S/C18H15P.C10H15.2C5H4S.Fe.Ir/c1-4-10-16(11-5-1)19(17-12-6-2-7-13-17)18-14-8-3-9-15-18;1-6-7(2)9(4)10(5)8(6)3;2*6-5-3-1-2-4-5;;/h1-15H;1-5H3;2*1-4H;;/q;;2*-1;;. The Morgan fingerprint density at radius 2 is 0.605 bits per heavy atom. The minimum absolute atomic E-state index is 0. The summed E-state index contributed by atoms with van der Waals surface area (Å²) in [6.07, 6.45) is 15.3. The van der Waals surface area contributed by atoms with Crippen LogP contribution >= 0.6 is 7.92 Å². The quantitative estimate of drug-likeness (QED) is 0.148. The molecule has 0 aromatic heterocycles. The van der Waals surface area contributed by atoms with E-state index in [0.29, 0.717) is 0 Å². The Morgan fingerprint density at radius 3 is 0.767 bits per heavy atom. The first-order valence-electron chi connectivity index (χ1n) is 13.7. The second kappa shape index (κ2) is 22.5. The summed E-state index contributed by atoms with van der Waals surface area (Å²) in [6.45, 7) is 11.0. The summed E-state index contributed by atoms with van der Waals surface area (Å²) in [5.74, 6) is 7.34. The third-order valence-corrected chi connectivity index (χ3v) is 10.1.